The van der Waals surface area contributed by atoms with Gasteiger partial charge in [0.15, 0.2) is 5.82 Å². The molecule has 7 heteroatoms. The molecule has 1 aromatic carbocycles. The van der Waals surface area contributed by atoms with Crippen molar-refractivity contribution in [1.82, 2.24) is 20.0 Å². The van der Waals surface area contributed by atoms with E-state index in [4.69, 9.17) is 10.8 Å². The van der Waals surface area contributed by atoms with Gasteiger partial charge in [-0.25, -0.2) is 4.68 Å². The zero-order valence-corrected chi connectivity index (χ0v) is 15.9. The molecule has 0 saturated carbocycles. The molecule has 3 heterocycles. The highest BCUT2D eigenvalue weighted by molar-refractivity contribution is 5.92. The number of hydrogen-bond acceptors (Lipinski definition) is 5. The molecule has 0 aliphatic carbocycles. The van der Waals surface area contributed by atoms with Crippen LogP contribution in [0.1, 0.15) is 29.8 Å². The monoisotopic (exact) mass is 364 g/mol. The van der Waals surface area contributed by atoms with Crippen molar-refractivity contribution in [3.05, 3.63) is 41.2 Å². The highest BCUT2D eigenvalue weighted by Gasteiger charge is 2.27. The molecule has 1 amide bonds. The molecule has 0 radical (unpaired) electrons. The Hall–Kier alpha value is -2.96. The van der Waals surface area contributed by atoms with Crippen LogP contribution in [0.25, 0.3) is 16.6 Å². The first-order chi connectivity index (χ1) is 13.0. The molecule has 1 fully saturated rings. The van der Waals surface area contributed by atoms with E-state index < -0.39 is 0 Å². The van der Waals surface area contributed by atoms with Crippen LogP contribution < -0.4 is 10.6 Å². The summed E-state index contributed by atoms with van der Waals surface area (Å²) in [5.41, 5.74) is 10.5. The molecule has 7 nitrogen and oxygen atoms in total. The minimum Gasteiger partial charge on any atom is -0.369 e. The average Bonchev–Trinajstić information content (AvgIpc) is 3.01. The van der Waals surface area contributed by atoms with Gasteiger partial charge in [0, 0.05) is 19.0 Å². The molecule has 0 spiro atoms. The average molecular weight is 364 g/mol. The van der Waals surface area contributed by atoms with E-state index in [1.807, 2.05) is 11.6 Å². The number of nitrogens with two attached hydrogens (primary N) is 1. The molecule has 1 aliphatic heterocycles. The molecule has 1 aliphatic rings. The Labute approximate surface area is 158 Å². The van der Waals surface area contributed by atoms with Gasteiger partial charge in [0.25, 0.3) is 0 Å². The lowest BCUT2D eigenvalue weighted by Crippen LogP contribution is -2.39. The molecule has 3 aromatic rings. The minimum atomic E-state index is -0.214. The minimum absolute atomic E-state index is 0.0537. The van der Waals surface area contributed by atoms with Gasteiger partial charge in [-0.3, -0.25) is 4.79 Å². The third kappa shape index (κ3) is 3.03. The number of aryl methyl sites for hydroxylation is 3. The molecule has 0 atom stereocenters. The summed E-state index contributed by atoms with van der Waals surface area (Å²) in [6.07, 6.45) is 1.48. The van der Waals surface area contributed by atoms with Crippen molar-refractivity contribution in [2.45, 2.75) is 33.6 Å². The maximum Gasteiger partial charge on any atom is 0.220 e. The van der Waals surface area contributed by atoms with Crippen molar-refractivity contribution >= 4 is 22.6 Å². The van der Waals surface area contributed by atoms with Gasteiger partial charge < -0.3 is 10.6 Å². The number of anilines is 1. The fraction of sp³-hybridized carbons (Fsp3) is 0.400. The smallest absolute Gasteiger partial charge is 0.220 e. The van der Waals surface area contributed by atoms with E-state index in [2.05, 4.69) is 53.2 Å². The normalized spacial score (nSPS) is 15.4. The summed E-state index contributed by atoms with van der Waals surface area (Å²) in [4.78, 5) is 13.6. The molecule has 2 N–H and O–H groups in total. The van der Waals surface area contributed by atoms with E-state index in [-0.39, 0.29) is 11.8 Å². The first-order valence-electron chi connectivity index (χ1n) is 9.29. The summed E-state index contributed by atoms with van der Waals surface area (Å²) in [5, 5.41) is 14.8. The summed E-state index contributed by atoms with van der Waals surface area (Å²) >= 11 is 0. The highest BCUT2D eigenvalue weighted by Crippen LogP contribution is 2.31. The lowest BCUT2D eigenvalue weighted by Gasteiger charge is -2.31. The van der Waals surface area contributed by atoms with Crippen LogP contribution in [0.5, 0.6) is 0 Å². The third-order valence-electron chi connectivity index (χ3n) is 5.46. The lowest BCUT2D eigenvalue weighted by atomic mass is 9.96. The van der Waals surface area contributed by atoms with Gasteiger partial charge in [0.1, 0.15) is 5.52 Å². The van der Waals surface area contributed by atoms with Crippen LogP contribution >= 0.6 is 0 Å². The van der Waals surface area contributed by atoms with E-state index in [9.17, 15) is 4.79 Å². The van der Waals surface area contributed by atoms with Gasteiger partial charge in [0.05, 0.1) is 22.5 Å². The van der Waals surface area contributed by atoms with Crippen molar-refractivity contribution < 1.29 is 4.79 Å². The largest absolute Gasteiger partial charge is 0.369 e. The molecular formula is C20H24N6O. The van der Waals surface area contributed by atoms with Crippen molar-refractivity contribution in [2.75, 3.05) is 18.0 Å². The van der Waals surface area contributed by atoms with Crippen LogP contribution in [0, 0.1) is 26.7 Å². The maximum atomic E-state index is 11.4. The first kappa shape index (κ1) is 17.5. The van der Waals surface area contributed by atoms with Crippen molar-refractivity contribution in [3.8, 4) is 5.69 Å². The SMILES string of the molecule is Cc1ccc(-n2nc3c(N4CCC(C(N)=O)CC4)nnc(C)c3c2C)cc1. The standard InChI is InChI=1S/C20H24N6O/c1-12-4-6-16(7-5-12)26-14(3)17-13(2)22-23-20(18(17)24-26)25-10-8-15(9-11-25)19(21)27/h4-7,15H,8-11H2,1-3H3,(H2,21,27). The van der Waals surface area contributed by atoms with E-state index >= 15 is 0 Å². The van der Waals surface area contributed by atoms with Gasteiger partial charge in [-0.2, -0.15) is 10.2 Å². The molecule has 0 bridgehead atoms. The topological polar surface area (TPSA) is 89.9 Å². The van der Waals surface area contributed by atoms with Crippen molar-refractivity contribution in [3.63, 3.8) is 0 Å². The van der Waals surface area contributed by atoms with Crippen LogP contribution in [-0.4, -0.2) is 39.0 Å². The Morgan fingerprint density at radius 3 is 2.37 bits per heavy atom. The number of nitrogens with zero attached hydrogens (tertiary/aromatic N) is 5. The summed E-state index contributed by atoms with van der Waals surface area (Å²) in [6.45, 7) is 7.56. The number of amides is 1. The van der Waals surface area contributed by atoms with Crippen molar-refractivity contribution in [2.24, 2.45) is 11.7 Å². The van der Waals surface area contributed by atoms with Gasteiger partial charge in [0.2, 0.25) is 5.91 Å². The third-order valence-corrected chi connectivity index (χ3v) is 5.46. The number of benzene rings is 1. The predicted octanol–water partition coefficient (Wildman–Crippen LogP) is 2.44. The quantitative estimate of drug-likeness (QED) is 0.771. The Kier molecular flexibility index (Phi) is 4.30. The number of hydrogen-bond donors (Lipinski definition) is 1. The number of carbonyl (C=O) groups is 1. The lowest BCUT2D eigenvalue weighted by molar-refractivity contribution is -0.122. The van der Waals surface area contributed by atoms with Crippen molar-refractivity contribution in [1.29, 1.82) is 0 Å². The first-order valence-corrected chi connectivity index (χ1v) is 9.29. The summed E-state index contributed by atoms with van der Waals surface area (Å²) in [7, 11) is 0. The van der Waals surface area contributed by atoms with Crippen LogP contribution in [0.15, 0.2) is 24.3 Å². The van der Waals surface area contributed by atoms with E-state index in [1.165, 1.54) is 5.56 Å². The molecule has 4 rings (SSSR count). The molecule has 2 aromatic heterocycles. The zero-order valence-electron chi connectivity index (χ0n) is 15.9. The number of primary amides is 1. The second kappa shape index (κ2) is 6.64. The maximum absolute atomic E-state index is 11.4. The van der Waals surface area contributed by atoms with Gasteiger partial charge in [-0.1, -0.05) is 17.7 Å². The zero-order chi connectivity index (χ0) is 19.1. The second-order valence-electron chi connectivity index (χ2n) is 7.33. The molecule has 1 saturated heterocycles. The Morgan fingerprint density at radius 1 is 1.07 bits per heavy atom. The summed E-state index contributed by atoms with van der Waals surface area (Å²) < 4.78 is 1.96. The molecule has 0 unspecified atom stereocenters. The summed E-state index contributed by atoms with van der Waals surface area (Å²) in [6, 6.07) is 8.31. The van der Waals surface area contributed by atoms with E-state index in [0.29, 0.717) is 0 Å². The van der Waals surface area contributed by atoms with Gasteiger partial charge >= 0.3 is 0 Å². The second-order valence-corrected chi connectivity index (χ2v) is 7.33. The molecule has 27 heavy (non-hydrogen) atoms. The number of fused-ring (bicyclic) bond motifs is 1. The predicted molar refractivity (Wildman–Crippen MR) is 105 cm³/mol. The van der Waals surface area contributed by atoms with E-state index in [0.717, 1.165) is 59.7 Å². The summed E-state index contributed by atoms with van der Waals surface area (Å²) in [5.74, 6) is 0.517. The van der Waals surface area contributed by atoms with Gasteiger partial charge in [-0.15, -0.1) is 5.10 Å². The number of piperidine rings is 1. The fourth-order valence-electron chi connectivity index (χ4n) is 3.84. The number of carbonyl (C=O) groups excluding carboxylic acids is 1. The highest BCUT2D eigenvalue weighted by atomic mass is 16.1. The van der Waals surface area contributed by atoms with E-state index in [1.54, 1.807) is 0 Å². The molecule has 140 valence electrons. The molecular weight excluding hydrogens is 340 g/mol. The van der Waals surface area contributed by atoms with Gasteiger partial charge in [-0.05, 0) is 45.7 Å². The van der Waals surface area contributed by atoms with Crippen LogP contribution in [0.2, 0.25) is 0 Å². The number of rotatable bonds is 3. The fourth-order valence-corrected chi connectivity index (χ4v) is 3.84. The van der Waals surface area contributed by atoms with Crippen LogP contribution in [0.3, 0.4) is 0 Å². The van der Waals surface area contributed by atoms with Crippen LogP contribution in [0.4, 0.5) is 5.82 Å². The Bertz CT molecular complexity index is 999. The number of aromatic nitrogens is 4. The van der Waals surface area contributed by atoms with Crippen LogP contribution in [-0.2, 0) is 4.79 Å². The Morgan fingerprint density at radius 2 is 1.74 bits per heavy atom. The Balaban J connectivity index is 1.77.